The van der Waals surface area contributed by atoms with Gasteiger partial charge in [0, 0.05) is 0 Å². The van der Waals surface area contributed by atoms with Crippen molar-refractivity contribution in [2.75, 3.05) is 20.8 Å². The third-order valence-corrected chi connectivity index (χ3v) is 6.96. The van der Waals surface area contributed by atoms with Crippen LogP contribution < -0.4 is 15.2 Å². The topological polar surface area (TPSA) is 151 Å². The molecule has 0 unspecified atom stereocenters. The maximum Gasteiger partial charge on any atom is 0.288 e. The SMILES string of the molecule is COc1ccc(C(OC[C@H]2O[C@@H](n3cnc(C(N)=O)n3)[C@H](O)[C@@H]2O)(c2ccccc2)c2ccc(OC)cc2)cc1. The second-order valence-electron chi connectivity index (χ2n) is 9.27. The number of primary amides is 1. The highest BCUT2D eigenvalue weighted by Crippen LogP contribution is 2.42. The molecule has 4 aromatic rings. The van der Waals surface area contributed by atoms with Crippen LogP contribution in [0.15, 0.2) is 85.2 Å². The molecular weight excluding hydrogens is 516 g/mol. The smallest absolute Gasteiger partial charge is 0.288 e. The molecule has 1 amide bonds. The van der Waals surface area contributed by atoms with E-state index in [0.717, 1.165) is 21.4 Å². The molecule has 5 rings (SSSR count). The zero-order valence-electron chi connectivity index (χ0n) is 22.0. The summed E-state index contributed by atoms with van der Waals surface area (Å²) < 4.78 is 24.7. The summed E-state index contributed by atoms with van der Waals surface area (Å²) in [5, 5.41) is 25.6. The number of amides is 1. The minimum absolute atomic E-state index is 0.112. The van der Waals surface area contributed by atoms with Crippen molar-refractivity contribution in [1.29, 1.82) is 0 Å². The van der Waals surface area contributed by atoms with E-state index in [9.17, 15) is 15.0 Å². The molecule has 208 valence electrons. The minimum Gasteiger partial charge on any atom is -0.497 e. The molecule has 11 heteroatoms. The van der Waals surface area contributed by atoms with Crippen LogP contribution in [0.25, 0.3) is 0 Å². The summed E-state index contributed by atoms with van der Waals surface area (Å²) >= 11 is 0. The van der Waals surface area contributed by atoms with Gasteiger partial charge in [0.1, 0.15) is 41.7 Å². The Bertz CT molecular complexity index is 1380. The third kappa shape index (κ3) is 5.03. The monoisotopic (exact) mass is 546 g/mol. The average molecular weight is 547 g/mol. The Morgan fingerprint density at radius 3 is 1.95 bits per heavy atom. The highest BCUT2D eigenvalue weighted by atomic mass is 16.6. The lowest BCUT2D eigenvalue weighted by molar-refractivity contribution is -0.0975. The highest BCUT2D eigenvalue weighted by molar-refractivity contribution is 5.88. The first-order valence-corrected chi connectivity index (χ1v) is 12.6. The van der Waals surface area contributed by atoms with Gasteiger partial charge in [-0.05, 0) is 41.0 Å². The molecule has 1 saturated heterocycles. The fourth-order valence-corrected chi connectivity index (χ4v) is 4.88. The molecule has 0 saturated carbocycles. The van der Waals surface area contributed by atoms with E-state index in [2.05, 4.69) is 10.1 Å². The molecule has 40 heavy (non-hydrogen) atoms. The Morgan fingerprint density at radius 2 is 1.45 bits per heavy atom. The number of benzene rings is 3. The molecule has 0 spiro atoms. The van der Waals surface area contributed by atoms with Crippen LogP contribution in [0, 0.1) is 0 Å². The number of hydrogen-bond acceptors (Lipinski definition) is 9. The van der Waals surface area contributed by atoms with Crippen molar-refractivity contribution in [3.8, 4) is 11.5 Å². The molecule has 3 aromatic carbocycles. The van der Waals surface area contributed by atoms with Crippen LogP contribution in [-0.4, -0.2) is 70.0 Å². The number of aliphatic hydroxyl groups is 2. The standard InChI is InChI=1S/C29H30N4O7/c1-37-21-12-8-19(9-13-21)29(18-6-4-3-5-7-18,20-10-14-22(38-2)15-11-20)39-16-23-24(34)25(35)28(40-23)33-17-31-27(32-33)26(30)36/h3-15,17,23-25,28,34-35H,16H2,1-2H3,(H2,30,36)/t23-,24-,25-,28-/m1/s1. The second-order valence-corrected chi connectivity index (χ2v) is 9.27. The lowest BCUT2D eigenvalue weighted by Crippen LogP contribution is -2.39. The van der Waals surface area contributed by atoms with Gasteiger partial charge < -0.3 is 34.9 Å². The number of ether oxygens (including phenoxy) is 4. The van der Waals surface area contributed by atoms with Crippen LogP contribution in [0.4, 0.5) is 0 Å². The van der Waals surface area contributed by atoms with E-state index >= 15 is 0 Å². The number of methoxy groups -OCH3 is 2. The molecule has 1 aliphatic heterocycles. The van der Waals surface area contributed by atoms with E-state index in [1.807, 2.05) is 78.9 Å². The summed E-state index contributed by atoms with van der Waals surface area (Å²) in [5.74, 6) is 0.318. The Balaban J connectivity index is 1.53. The van der Waals surface area contributed by atoms with Gasteiger partial charge in [0.2, 0.25) is 5.82 Å². The van der Waals surface area contributed by atoms with Gasteiger partial charge in [-0.15, -0.1) is 5.10 Å². The predicted molar refractivity (Wildman–Crippen MR) is 143 cm³/mol. The van der Waals surface area contributed by atoms with Crippen LogP contribution in [0.2, 0.25) is 0 Å². The van der Waals surface area contributed by atoms with Crippen molar-refractivity contribution in [2.45, 2.75) is 30.1 Å². The molecular formula is C29H30N4O7. The number of hydrogen-bond donors (Lipinski definition) is 3. The Morgan fingerprint density at radius 1 is 0.900 bits per heavy atom. The van der Waals surface area contributed by atoms with E-state index in [4.69, 9.17) is 24.7 Å². The van der Waals surface area contributed by atoms with Gasteiger partial charge in [-0.2, -0.15) is 0 Å². The number of aromatic nitrogens is 3. The lowest BCUT2D eigenvalue weighted by atomic mass is 9.80. The third-order valence-electron chi connectivity index (χ3n) is 6.96. The lowest BCUT2D eigenvalue weighted by Gasteiger charge is -2.37. The number of nitrogens with two attached hydrogens (primary N) is 1. The molecule has 4 atom stereocenters. The molecule has 1 aromatic heterocycles. The Labute approximate surface area is 230 Å². The summed E-state index contributed by atoms with van der Waals surface area (Å²) in [6, 6.07) is 24.7. The summed E-state index contributed by atoms with van der Waals surface area (Å²) in [6.07, 6.45) is -3.50. The molecule has 11 nitrogen and oxygen atoms in total. The highest BCUT2D eigenvalue weighted by Gasteiger charge is 2.47. The van der Waals surface area contributed by atoms with Crippen LogP contribution in [-0.2, 0) is 15.1 Å². The first kappa shape index (κ1) is 27.3. The number of aliphatic hydroxyl groups excluding tert-OH is 2. The van der Waals surface area contributed by atoms with Crippen molar-refractivity contribution in [1.82, 2.24) is 14.8 Å². The van der Waals surface area contributed by atoms with Crippen LogP contribution >= 0.6 is 0 Å². The minimum atomic E-state index is -1.36. The normalized spacial score (nSPS) is 20.8. The van der Waals surface area contributed by atoms with Gasteiger partial charge >= 0.3 is 0 Å². The van der Waals surface area contributed by atoms with Crippen LogP contribution in [0.5, 0.6) is 11.5 Å². The summed E-state index contributed by atoms with van der Waals surface area (Å²) in [7, 11) is 3.20. The zero-order chi connectivity index (χ0) is 28.3. The maximum absolute atomic E-state index is 11.4. The largest absolute Gasteiger partial charge is 0.497 e. The summed E-state index contributed by atoms with van der Waals surface area (Å²) in [5.41, 5.74) is 6.54. The van der Waals surface area contributed by atoms with Crippen LogP contribution in [0.3, 0.4) is 0 Å². The first-order chi connectivity index (χ1) is 19.4. The fraction of sp³-hybridized carbons (Fsp3) is 0.276. The van der Waals surface area contributed by atoms with Gasteiger partial charge in [0.15, 0.2) is 6.23 Å². The van der Waals surface area contributed by atoms with E-state index in [-0.39, 0.29) is 12.4 Å². The van der Waals surface area contributed by atoms with Crippen molar-refractivity contribution in [2.24, 2.45) is 5.73 Å². The van der Waals surface area contributed by atoms with Crippen molar-refractivity contribution >= 4 is 5.91 Å². The average Bonchev–Trinajstić information content (AvgIpc) is 3.60. The van der Waals surface area contributed by atoms with E-state index < -0.39 is 36.0 Å². The predicted octanol–water partition coefficient (Wildman–Crippen LogP) is 2.02. The number of rotatable bonds is 10. The second kappa shape index (κ2) is 11.4. The maximum atomic E-state index is 11.4. The fourth-order valence-electron chi connectivity index (χ4n) is 4.88. The van der Waals surface area contributed by atoms with Gasteiger partial charge in [0.05, 0.1) is 20.8 Å². The molecule has 0 aliphatic carbocycles. The number of carbonyl (C=O) groups excluding carboxylic acids is 1. The van der Waals surface area contributed by atoms with Gasteiger partial charge in [0.25, 0.3) is 5.91 Å². The van der Waals surface area contributed by atoms with E-state index in [1.54, 1.807) is 14.2 Å². The first-order valence-electron chi connectivity index (χ1n) is 12.6. The Hall–Kier alpha value is -4.29. The van der Waals surface area contributed by atoms with Gasteiger partial charge in [-0.25, -0.2) is 9.67 Å². The van der Waals surface area contributed by atoms with Crippen LogP contribution in [0.1, 0.15) is 33.5 Å². The molecule has 0 radical (unpaired) electrons. The molecule has 1 aliphatic rings. The summed E-state index contributed by atoms with van der Waals surface area (Å²) in [6.45, 7) is -0.112. The zero-order valence-corrected chi connectivity index (χ0v) is 22.0. The van der Waals surface area contributed by atoms with Gasteiger partial charge in [-0.3, -0.25) is 4.79 Å². The number of nitrogens with zero attached hydrogens (tertiary/aromatic N) is 3. The molecule has 2 heterocycles. The van der Waals surface area contributed by atoms with Crippen molar-refractivity contribution in [3.05, 3.63) is 108 Å². The van der Waals surface area contributed by atoms with E-state index in [1.165, 1.54) is 6.33 Å². The number of carbonyl (C=O) groups is 1. The molecule has 1 fully saturated rings. The Kier molecular flexibility index (Phi) is 7.81. The van der Waals surface area contributed by atoms with Crippen molar-refractivity contribution in [3.63, 3.8) is 0 Å². The van der Waals surface area contributed by atoms with Gasteiger partial charge in [-0.1, -0.05) is 54.6 Å². The van der Waals surface area contributed by atoms with E-state index in [0.29, 0.717) is 11.5 Å². The van der Waals surface area contributed by atoms with Crippen molar-refractivity contribution < 1.29 is 34.0 Å². The molecule has 4 N–H and O–H groups in total. The quantitative estimate of drug-likeness (QED) is 0.254. The summed E-state index contributed by atoms with van der Waals surface area (Å²) in [4.78, 5) is 15.3. The molecule has 0 bridgehead atoms.